The highest BCUT2D eigenvalue weighted by Crippen LogP contribution is 2.66. The molecule has 0 aromatic rings. The highest BCUT2D eigenvalue weighted by Gasteiger charge is 2.74. The van der Waals surface area contributed by atoms with Gasteiger partial charge >= 0.3 is 5.97 Å². The molecule has 7 nitrogen and oxygen atoms in total. The molecular formula is C25H42N2O5S. The van der Waals surface area contributed by atoms with Crippen molar-refractivity contribution >= 4 is 29.5 Å². The van der Waals surface area contributed by atoms with Crippen LogP contribution in [-0.4, -0.2) is 68.6 Å². The number of nitrogens with one attached hydrogen (secondary N) is 1. The molecule has 3 heterocycles. The lowest BCUT2D eigenvalue weighted by molar-refractivity contribution is -0.154. The van der Waals surface area contributed by atoms with Crippen LogP contribution in [-0.2, 0) is 19.1 Å². The molecule has 0 saturated carbocycles. The molecule has 0 radical (unpaired) electrons. The van der Waals surface area contributed by atoms with E-state index in [2.05, 4.69) is 26.1 Å². The van der Waals surface area contributed by atoms with E-state index in [1.54, 1.807) is 23.6 Å². The van der Waals surface area contributed by atoms with E-state index in [1.807, 2.05) is 27.7 Å². The summed E-state index contributed by atoms with van der Waals surface area (Å²) >= 11 is 1.63. The van der Waals surface area contributed by atoms with Gasteiger partial charge in [-0.2, -0.15) is 0 Å². The van der Waals surface area contributed by atoms with Crippen LogP contribution in [0.4, 0.5) is 0 Å². The maximum atomic E-state index is 14.0. The number of ether oxygens (including phenoxy) is 1. The molecule has 8 heteroatoms. The first-order valence-electron chi connectivity index (χ1n) is 12.3. The summed E-state index contributed by atoms with van der Waals surface area (Å²) in [5, 5.41) is 13.5. The lowest BCUT2D eigenvalue weighted by Crippen LogP contribution is -2.60. The number of amides is 2. The van der Waals surface area contributed by atoms with Gasteiger partial charge in [0.2, 0.25) is 11.8 Å². The summed E-state index contributed by atoms with van der Waals surface area (Å²) in [5.74, 6) is -1.87. The number of rotatable bonds is 8. The predicted octanol–water partition coefficient (Wildman–Crippen LogP) is 2.99. The van der Waals surface area contributed by atoms with Crippen molar-refractivity contribution in [3.63, 3.8) is 0 Å². The number of aliphatic hydroxyl groups excluding tert-OH is 1. The number of thioether (sulfide) groups is 1. The van der Waals surface area contributed by atoms with Crippen LogP contribution >= 0.6 is 11.8 Å². The molecule has 2 amide bonds. The van der Waals surface area contributed by atoms with E-state index in [1.165, 1.54) is 0 Å². The predicted molar refractivity (Wildman–Crippen MR) is 130 cm³/mol. The zero-order valence-corrected chi connectivity index (χ0v) is 22.3. The van der Waals surface area contributed by atoms with Crippen LogP contribution < -0.4 is 5.32 Å². The van der Waals surface area contributed by atoms with Gasteiger partial charge in [-0.3, -0.25) is 14.4 Å². The van der Waals surface area contributed by atoms with Gasteiger partial charge in [0.05, 0.1) is 35.8 Å². The Morgan fingerprint density at radius 1 is 1.27 bits per heavy atom. The van der Waals surface area contributed by atoms with E-state index in [0.717, 1.165) is 12.8 Å². The Morgan fingerprint density at radius 3 is 2.42 bits per heavy atom. The SMILES string of the molecule is CCOC(=O)[C@@H]1[C@@H]2CCC3(S2)C(C(=O)NC(C)(C)CC(C)(C)C)N([C@@H](CO)C(C)C)C(=O)[C@H]13. The van der Waals surface area contributed by atoms with Crippen molar-refractivity contribution in [2.75, 3.05) is 13.2 Å². The highest BCUT2D eigenvalue weighted by molar-refractivity contribution is 8.02. The minimum Gasteiger partial charge on any atom is -0.466 e. The van der Waals surface area contributed by atoms with Crippen LogP contribution in [0.15, 0.2) is 0 Å². The van der Waals surface area contributed by atoms with Gasteiger partial charge in [-0.05, 0) is 51.4 Å². The van der Waals surface area contributed by atoms with Crippen molar-refractivity contribution < 1.29 is 24.2 Å². The van der Waals surface area contributed by atoms with Crippen molar-refractivity contribution in [1.82, 2.24) is 10.2 Å². The quantitative estimate of drug-likeness (QED) is 0.517. The second-order valence-electron chi connectivity index (χ2n) is 12.2. The lowest BCUT2D eigenvalue weighted by Gasteiger charge is -2.41. The number of likely N-dealkylation sites (tertiary alicyclic amines) is 1. The summed E-state index contributed by atoms with van der Waals surface area (Å²) in [4.78, 5) is 42.4. The van der Waals surface area contributed by atoms with Gasteiger partial charge in [0, 0.05) is 10.8 Å². The van der Waals surface area contributed by atoms with Crippen LogP contribution in [0.1, 0.15) is 74.7 Å². The third kappa shape index (κ3) is 4.66. The number of aliphatic hydroxyl groups is 1. The van der Waals surface area contributed by atoms with E-state index in [4.69, 9.17) is 4.74 Å². The van der Waals surface area contributed by atoms with Crippen molar-refractivity contribution in [1.29, 1.82) is 0 Å². The normalized spacial score (nSPS) is 32.3. The fraction of sp³-hybridized carbons (Fsp3) is 0.880. The van der Waals surface area contributed by atoms with E-state index >= 15 is 0 Å². The molecular weight excluding hydrogens is 440 g/mol. The molecule has 188 valence electrons. The van der Waals surface area contributed by atoms with E-state index < -0.39 is 34.2 Å². The second kappa shape index (κ2) is 9.06. The Balaban J connectivity index is 2.03. The van der Waals surface area contributed by atoms with Crippen molar-refractivity contribution in [2.45, 2.75) is 102 Å². The first-order chi connectivity index (χ1) is 15.2. The van der Waals surface area contributed by atoms with Crippen molar-refractivity contribution in [3.8, 4) is 0 Å². The fourth-order valence-corrected chi connectivity index (χ4v) is 8.84. The van der Waals surface area contributed by atoms with Gasteiger partial charge in [-0.1, -0.05) is 34.6 Å². The van der Waals surface area contributed by atoms with Gasteiger partial charge in [0.25, 0.3) is 0 Å². The number of hydrogen-bond donors (Lipinski definition) is 2. The molecule has 1 spiro atoms. The van der Waals surface area contributed by atoms with E-state index in [0.29, 0.717) is 6.42 Å². The number of carbonyl (C=O) groups is 3. The zero-order valence-electron chi connectivity index (χ0n) is 21.4. The van der Waals surface area contributed by atoms with E-state index in [-0.39, 0.29) is 47.6 Å². The molecule has 3 saturated heterocycles. The molecule has 0 aromatic heterocycles. The number of hydrogen-bond acceptors (Lipinski definition) is 6. The minimum atomic E-state index is -0.719. The number of fused-ring (bicyclic) bond motifs is 1. The molecule has 0 aliphatic carbocycles. The van der Waals surface area contributed by atoms with Gasteiger partial charge in [-0.25, -0.2) is 0 Å². The summed E-state index contributed by atoms with van der Waals surface area (Å²) in [6.07, 6.45) is 2.27. The first kappa shape index (κ1) is 26.3. The van der Waals surface area contributed by atoms with Crippen molar-refractivity contribution in [3.05, 3.63) is 0 Å². The molecule has 2 unspecified atom stereocenters. The van der Waals surface area contributed by atoms with Gasteiger partial charge in [0.15, 0.2) is 0 Å². The van der Waals surface area contributed by atoms with Gasteiger partial charge in [0.1, 0.15) is 6.04 Å². The number of esters is 1. The molecule has 3 fully saturated rings. The molecule has 3 aliphatic heterocycles. The highest BCUT2D eigenvalue weighted by atomic mass is 32.2. The third-order valence-corrected chi connectivity index (χ3v) is 9.24. The maximum absolute atomic E-state index is 14.0. The first-order valence-corrected chi connectivity index (χ1v) is 13.2. The molecule has 0 aromatic carbocycles. The summed E-state index contributed by atoms with van der Waals surface area (Å²) in [6, 6.07) is -1.20. The Hall–Kier alpha value is -1.28. The van der Waals surface area contributed by atoms with Gasteiger partial charge in [-0.15, -0.1) is 11.8 Å². The minimum absolute atomic E-state index is 0.00957. The molecule has 6 atom stereocenters. The Kier molecular flexibility index (Phi) is 7.23. The molecule has 2 N–H and O–H groups in total. The summed E-state index contributed by atoms with van der Waals surface area (Å²) in [5.41, 5.74) is -0.447. The Labute approximate surface area is 202 Å². The molecule has 3 rings (SSSR count). The standard InChI is InChI=1S/C25H42N2O5S/c1-9-32-22(31)17-16-10-11-25(33-16)18(17)21(30)27(15(12-28)14(2)3)19(25)20(29)26-24(7,8)13-23(4,5)6/h14-19,28H,9-13H2,1-8H3,(H,26,29)/t15-,16-,17+,18-,19?,25?/m0/s1. The number of carbonyl (C=O) groups excluding carboxylic acids is 3. The average Bonchev–Trinajstić information content (AvgIpc) is 3.27. The van der Waals surface area contributed by atoms with Gasteiger partial charge < -0.3 is 20.1 Å². The van der Waals surface area contributed by atoms with Crippen LogP contribution in [0, 0.1) is 23.2 Å². The van der Waals surface area contributed by atoms with Crippen LogP contribution in [0.3, 0.4) is 0 Å². The molecule has 2 bridgehead atoms. The summed E-state index contributed by atoms with van der Waals surface area (Å²) < 4.78 is 4.70. The topological polar surface area (TPSA) is 95.9 Å². The lowest BCUT2D eigenvalue weighted by atomic mass is 9.71. The monoisotopic (exact) mass is 482 g/mol. The van der Waals surface area contributed by atoms with Crippen LogP contribution in [0.2, 0.25) is 0 Å². The van der Waals surface area contributed by atoms with Crippen LogP contribution in [0.25, 0.3) is 0 Å². The molecule has 3 aliphatic rings. The second-order valence-corrected chi connectivity index (χ2v) is 13.8. The van der Waals surface area contributed by atoms with Crippen molar-refractivity contribution in [2.24, 2.45) is 23.2 Å². The average molecular weight is 483 g/mol. The largest absolute Gasteiger partial charge is 0.466 e. The Bertz CT molecular complexity index is 792. The summed E-state index contributed by atoms with van der Waals surface area (Å²) in [7, 11) is 0. The maximum Gasteiger partial charge on any atom is 0.310 e. The van der Waals surface area contributed by atoms with Crippen LogP contribution in [0.5, 0.6) is 0 Å². The number of nitrogens with zero attached hydrogens (tertiary/aromatic N) is 1. The Morgan fingerprint density at radius 2 is 1.91 bits per heavy atom. The van der Waals surface area contributed by atoms with E-state index in [9.17, 15) is 19.5 Å². The smallest absolute Gasteiger partial charge is 0.310 e. The molecule has 33 heavy (non-hydrogen) atoms. The summed E-state index contributed by atoms with van der Waals surface area (Å²) in [6.45, 7) is 16.2. The third-order valence-electron chi connectivity index (χ3n) is 7.29. The zero-order chi connectivity index (χ0) is 24.9. The fourth-order valence-electron chi connectivity index (χ4n) is 6.65.